The second kappa shape index (κ2) is 5.12. The Morgan fingerprint density at radius 2 is 2.18 bits per heavy atom. The summed E-state index contributed by atoms with van der Waals surface area (Å²) in [6, 6.07) is 5.08. The molecule has 1 aromatic carbocycles. The van der Waals surface area contributed by atoms with Crippen LogP contribution in [0.2, 0.25) is 10.0 Å². The Balaban J connectivity index is 2.24. The molecule has 0 amide bonds. The van der Waals surface area contributed by atoms with E-state index in [4.69, 9.17) is 23.2 Å². The Morgan fingerprint density at radius 3 is 2.82 bits per heavy atom. The zero-order valence-corrected chi connectivity index (χ0v) is 11.2. The molecule has 0 radical (unpaired) electrons. The third-order valence-corrected chi connectivity index (χ3v) is 3.74. The fraction of sp³-hybridized carbons (Fsp3) is 0.182. The number of halogens is 2. The molecule has 2 rings (SSSR count). The average Bonchev–Trinajstić information content (AvgIpc) is 2.70. The van der Waals surface area contributed by atoms with Gasteiger partial charge >= 0.3 is 0 Å². The summed E-state index contributed by atoms with van der Waals surface area (Å²) < 4.78 is 3.74. The summed E-state index contributed by atoms with van der Waals surface area (Å²) in [6.45, 7) is 1.76. The summed E-state index contributed by atoms with van der Waals surface area (Å²) >= 11 is 13.0. The zero-order valence-electron chi connectivity index (χ0n) is 8.91. The molecule has 6 heteroatoms. The maximum absolute atomic E-state index is 12.0. The van der Waals surface area contributed by atoms with Crippen LogP contribution in [0.4, 0.5) is 0 Å². The first-order chi connectivity index (χ1) is 8.08. The SMILES string of the molecule is Cc1nnsc1C(=O)Cc1cc(Cl)ccc1Cl. The molecule has 3 nitrogen and oxygen atoms in total. The van der Waals surface area contributed by atoms with Crippen LogP contribution in [0.1, 0.15) is 20.9 Å². The number of Topliss-reactive ketones (excluding diaryl/α,β-unsaturated/α-hetero) is 1. The lowest BCUT2D eigenvalue weighted by atomic mass is 10.1. The fourth-order valence-corrected chi connectivity index (χ4v) is 2.39. The molecule has 0 saturated heterocycles. The van der Waals surface area contributed by atoms with Crippen LogP contribution in [0, 0.1) is 6.92 Å². The second-order valence-electron chi connectivity index (χ2n) is 3.52. The summed E-state index contributed by atoms with van der Waals surface area (Å²) in [4.78, 5) is 12.6. The molecule has 0 N–H and O–H groups in total. The van der Waals surface area contributed by atoms with Crippen molar-refractivity contribution in [2.45, 2.75) is 13.3 Å². The quantitative estimate of drug-likeness (QED) is 0.810. The van der Waals surface area contributed by atoms with Gasteiger partial charge in [0, 0.05) is 16.5 Å². The summed E-state index contributed by atoms with van der Waals surface area (Å²) in [7, 11) is 0. The highest BCUT2D eigenvalue weighted by Crippen LogP contribution is 2.23. The van der Waals surface area contributed by atoms with E-state index in [-0.39, 0.29) is 12.2 Å². The van der Waals surface area contributed by atoms with E-state index < -0.39 is 0 Å². The number of aromatic nitrogens is 2. The third-order valence-electron chi connectivity index (χ3n) is 2.26. The van der Waals surface area contributed by atoms with E-state index in [1.54, 1.807) is 25.1 Å². The summed E-state index contributed by atoms with van der Waals surface area (Å²) in [6.07, 6.45) is 0.212. The van der Waals surface area contributed by atoms with Crippen molar-refractivity contribution in [3.05, 3.63) is 44.4 Å². The Labute approximate surface area is 113 Å². The lowest BCUT2D eigenvalue weighted by molar-refractivity contribution is 0.0996. The van der Waals surface area contributed by atoms with Crippen molar-refractivity contribution in [1.82, 2.24) is 9.59 Å². The number of hydrogen-bond donors (Lipinski definition) is 0. The molecule has 2 aromatic rings. The first kappa shape index (κ1) is 12.5. The van der Waals surface area contributed by atoms with Gasteiger partial charge in [-0.2, -0.15) is 0 Å². The molecule has 0 aliphatic carbocycles. The topological polar surface area (TPSA) is 42.9 Å². The highest BCUT2D eigenvalue weighted by atomic mass is 35.5. The van der Waals surface area contributed by atoms with Crippen LogP contribution in [0.5, 0.6) is 0 Å². The van der Waals surface area contributed by atoms with E-state index in [0.717, 1.165) is 17.1 Å². The van der Waals surface area contributed by atoms with Gasteiger partial charge in [-0.25, -0.2) is 0 Å². The average molecular weight is 287 g/mol. The molecule has 0 fully saturated rings. The smallest absolute Gasteiger partial charge is 0.180 e. The summed E-state index contributed by atoms with van der Waals surface area (Å²) in [5.74, 6) is -0.0401. The Hall–Kier alpha value is -0.970. The van der Waals surface area contributed by atoms with Crippen molar-refractivity contribution >= 4 is 40.5 Å². The van der Waals surface area contributed by atoms with Gasteiger partial charge in [-0.3, -0.25) is 4.79 Å². The molecule has 0 unspecified atom stereocenters. The van der Waals surface area contributed by atoms with E-state index in [1.165, 1.54) is 0 Å². The minimum absolute atomic E-state index is 0.0401. The number of rotatable bonds is 3. The summed E-state index contributed by atoms with van der Waals surface area (Å²) in [5, 5.41) is 4.91. The largest absolute Gasteiger partial charge is 0.293 e. The molecule has 1 heterocycles. The normalized spacial score (nSPS) is 10.5. The molecule has 88 valence electrons. The highest BCUT2D eigenvalue weighted by Gasteiger charge is 2.15. The number of carbonyl (C=O) groups excluding carboxylic acids is 1. The van der Waals surface area contributed by atoms with Crippen LogP contribution in [-0.4, -0.2) is 15.4 Å². The maximum atomic E-state index is 12.0. The standard InChI is InChI=1S/C11H8Cl2N2OS/c1-6-11(17-15-14-6)10(16)5-7-4-8(12)2-3-9(7)13/h2-4H,5H2,1H3. The number of carbonyl (C=O) groups is 1. The second-order valence-corrected chi connectivity index (χ2v) is 5.12. The molecule has 0 aliphatic rings. The van der Waals surface area contributed by atoms with Gasteiger partial charge in [-0.15, -0.1) is 5.10 Å². The van der Waals surface area contributed by atoms with E-state index in [0.29, 0.717) is 20.6 Å². The lowest BCUT2D eigenvalue weighted by Crippen LogP contribution is -2.03. The van der Waals surface area contributed by atoms with Crippen molar-refractivity contribution in [3.63, 3.8) is 0 Å². The maximum Gasteiger partial charge on any atom is 0.180 e. The van der Waals surface area contributed by atoms with Crippen molar-refractivity contribution in [2.75, 3.05) is 0 Å². The molecule has 17 heavy (non-hydrogen) atoms. The highest BCUT2D eigenvalue weighted by molar-refractivity contribution is 7.08. The number of benzene rings is 1. The molecular formula is C11H8Cl2N2OS. The minimum atomic E-state index is -0.0401. The van der Waals surface area contributed by atoms with E-state index in [1.807, 2.05) is 0 Å². The third kappa shape index (κ3) is 2.83. The Kier molecular flexibility index (Phi) is 3.76. The molecule has 0 spiro atoms. The zero-order chi connectivity index (χ0) is 12.4. The van der Waals surface area contributed by atoms with Gasteiger partial charge in [0.1, 0.15) is 4.88 Å². The van der Waals surface area contributed by atoms with Crippen LogP contribution in [0.15, 0.2) is 18.2 Å². The predicted octanol–water partition coefficient (Wildman–Crippen LogP) is 3.58. The molecule has 0 aliphatic heterocycles. The van der Waals surface area contributed by atoms with Crippen molar-refractivity contribution in [2.24, 2.45) is 0 Å². The van der Waals surface area contributed by atoms with Gasteiger partial charge in [0.15, 0.2) is 5.78 Å². The first-order valence-electron chi connectivity index (χ1n) is 4.84. The number of hydrogen-bond acceptors (Lipinski definition) is 4. The van der Waals surface area contributed by atoms with Crippen molar-refractivity contribution in [3.8, 4) is 0 Å². The van der Waals surface area contributed by atoms with Crippen molar-refractivity contribution in [1.29, 1.82) is 0 Å². The first-order valence-corrected chi connectivity index (χ1v) is 6.37. The van der Waals surface area contributed by atoms with Crippen LogP contribution in [0.25, 0.3) is 0 Å². The van der Waals surface area contributed by atoms with Crippen molar-refractivity contribution < 1.29 is 4.79 Å². The van der Waals surface area contributed by atoms with Gasteiger partial charge in [0.2, 0.25) is 0 Å². The van der Waals surface area contributed by atoms with Crippen LogP contribution in [-0.2, 0) is 6.42 Å². The number of nitrogens with zero attached hydrogens (tertiary/aromatic N) is 2. The van der Waals surface area contributed by atoms with Gasteiger partial charge in [-0.1, -0.05) is 27.7 Å². The Bertz CT molecular complexity index is 568. The predicted molar refractivity (Wildman–Crippen MR) is 69.1 cm³/mol. The fourth-order valence-electron chi connectivity index (χ4n) is 1.42. The monoisotopic (exact) mass is 286 g/mol. The van der Waals surface area contributed by atoms with E-state index >= 15 is 0 Å². The number of aryl methyl sites for hydroxylation is 1. The Morgan fingerprint density at radius 1 is 1.41 bits per heavy atom. The van der Waals surface area contributed by atoms with Crippen LogP contribution >= 0.6 is 34.7 Å². The molecule has 0 bridgehead atoms. The molecule has 0 saturated carbocycles. The molecule has 1 aromatic heterocycles. The van der Waals surface area contributed by atoms with Gasteiger partial charge in [0.25, 0.3) is 0 Å². The summed E-state index contributed by atoms with van der Waals surface area (Å²) in [5.41, 5.74) is 1.37. The van der Waals surface area contributed by atoms with Gasteiger partial charge < -0.3 is 0 Å². The number of ketones is 1. The molecular weight excluding hydrogens is 279 g/mol. The minimum Gasteiger partial charge on any atom is -0.293 e. The van der Waals surface area contributed by atoms with Gasteiger partial charge in [-0.05, 0) is 42.2 Å². The van der Waals surface area contributed by atoms with E-state index in [2.05, 4.69) is 9.59 Å². The van der Waals surface area contributed by atoms with E-state index in [9.17, 15) is 4.79 Å². The molecule has 0 atom stereocenters. The van der Waals surface area contributed by atoms with Crippen LogP contribution in [0.3, 0.4) is 0 Å². The lowest BCUT2D eigenvalue weighted by Gasteiger charge is -2.03. The van der Waals surface area contributed by atoms with Crippen LogP contribution < -0.4 is 0 Å². The van der Waals surface area contributed by atoms with Gasteiger partial charge in [0.05, 0.1) is 5.69 Å².